The van der Waals surface area contributed by atoms with E-state index in [9.17, 15) is 0 Å². The van der Waals surface area contributed by atoms with Gasteiger partial charge >= 0.3 is 0 Å². The number of benzene rings is 1. The van der Waals surface area contributed by atoms with Crippen LogP contribution < -0.4 is 5.32 Å². The molecule has 1 fully saturated rings. The number of nitrogens with zero attached hydrogens (tertiary/aromatic N) is 1. The van der Waals surface area contributed by atoms with E-state index >= 15 is 0 Å². The molecule has 3 heteroatoms. The van der Waals surface area contributed by atoms with Gasteiger partial charge in [-0.25, -0.2) is 0 Å². The van der Waals surface area contributed by atoms with Crippen molar-refractivity contribution in [2.75, 3.05) is 31.6 Å². The first kappa shape index (κ1) is 15.3. The van der Waals surface area contributed by atoms with Gasteiger partial charge in [0.25, 0.3) is 0 Å². The molecule has 1 heterocycles. The van der Waals surface area contributed by atoms with Crippen LogP contribution in [0.1, 0.15) is 39.2 Å². The van der Waals surface area contributed by atoms with Crippen LogP contribution in [0.25, 0.3) is 0 Å². The summed E-state index contributed by atoms with van der Waals surface area (Å²) in [6, 6.07) is 9.29. The summed E-state index contributed by atoms with van der Waals surface area (Å²) in [6.45, 7) is 12.8. The van der Waals surface area contributed by atoms with Crippen molar-refractivity contribution in [2.45, 2.75) is 45.8 Å². The molecule has 3 nitrogen and oxygen atoms in total. The van der Waals surface area contributed by atoms with Crippen LogP contribution in [0.2, 0.25) is 0 Å². The fourth-order valence-corrected chi connectivity index (χ4v) is 2.57. The topological polar surface area (TPSA) is 24.5 Å². The first-order valence-corrected chi connectivity index (χ1v) is 7.75. The molecule has 1 aromatic rings. The van der Waals surface area contributed by atoms with Crippen LogP contribution in [-0.2, 0) is 4.74 Å². The normalized spacial score (nSPS) is 20.6. The first-order chi connectivity index (χ1) is 9.56. The summed E-state index contributed by atoms with van der Waals surface area (Å²) in [6.07, 6.45) is 0.286. The number of anilines is 1. The van der Waals surface area contributed by atoms with Crippen LogP contribution in [0.4, 0.5) is 5.69 Å². The number of morpholine rings is 1. The smallest absolute Gasteiger partial charge is 0.0874 e. The fraction of sp³-hybridized carbons (Fsp3) is 0.647. The second-order valence-corrected chi connectivity index (χ2v) is 6.24. The second-order valence-electron chi connectivity index (χ2n) is 6.24. The van der Waals surface area contributed by atoms with Gasteiger partial charge in [-0.05, 0) is 37.5 Å². The van der Waals surface area contributed by atoms with Gasteiger partial charge in [0.15, 0.2) is 0 Å². The zero-order valence-electron chi connectivity index (χ0n) is 13.2. The van der Waals surface area contributed by atoms with Crippen LogP contribution in [0.15, 0.2) is 24.3 Å². The molecule has 1 aliphatic rings. The Balaban J connectivity index is 1.87. The second kappa shape index (κ2) is 7.09. The Bertz CT molecular complexity index is 417. The summed E-state index contributed by atoms with van der Waals surface area (Å²) in [4.78, 5) is 2.49. The highest BCUT2D eigenvalue weighted by molar-refractivity contribution is 5.46. The van der Waals surface area contributed by atoms with E-state index in [1.807, 2.05) is 0 Å². The first-order valence-electron chi connectivity index (χ1n) is 7.75. The molecule has 1 unspecified atom stereocenters. The summed E-state index contributed by atoms with van der Waals surface area (Å²) < 4.78 is 5.85. The van der Waals surface area contributed by atoms with Crippen LogP contribution in [0.3, 0.4) is 0 Å². The minimum atomic E-state index is 0.286. The van der Waals surface area contributed by atoms with Gasteiger partial charge in [-0.3, -0.25) is 4.90 Å². The minimum absolute atomic E-state index is 0.286. The van der Waals surface area contributed by atoms with E-state index in [-0.39, 0.29) is 6.10 Å². The van der Waals surface area contributed by atoms with Crippen molar-refractivity contribution < 1.29 is 4.74 Å². The van der Waals surface area contributed by atoms with E-state index in [1.54, 1.807) is 0 Å². The van der Waals surface area contributed by atoms with E-state index in [0.29, 0.717) is 12.0 Å². The maximum Gasteiger partial charge on any atom is 0.0874 e. The molecule has 0 aliphatic carbocycles. The van der Waals surface area contributed by atoms with Crippen LogP contribution in [0, 0.1) is 0 Å². The highest BCUT2D eigenvalue weighted by Crippen LogP contribution is 2.19. The zero-order chi connectivity index (χ0) is 14.5. The van der Waals surface area contributed by atoms with Crippen molar-refractivity contribution in [3.05, 3.63) is 29.8 Å². The average Bonchev–Trinajstić information content (AvgIpc) is 2.45. The number of hydrogen-bond acceptors (Lipinski definition) is 3. The standard InChI is InChI=1S/C17H28N2O/c1-13(2)15-6-5-7-16(10-15)18-11-17-12-19(14(3)4)8-9-20-17/h5-7,10,13-14,17-18H,8-9,11-12H2,1-4H3. The molecule has 1 atom stereocenters. The minimum Gasteiger partial charge on any atom is -0.382 e. The third kappa shape index (κ3) is 4.22. The van der Waals surface area contributed by atoms with Gasteiger partial charge < -0.3 is 10.1 Å². The molecule has 0 bridgehead atoms. The van der Waals surface area contributed by atoms with Crippen molar-refractivity contribution in [3.63, 3.8) is 0 Å². The Hall–Kier alpha value is -1.06. The summed E-state index contributed by atoms with van der Waals surface area (Å²) in [5, 5.41) is 3.52. The third-order valence-electron chi connectivity index (χ3n) is 3.99. The molecule has 0 amide bonds. The molecule has 0 saturated carbocycles. The molecule has 112 valence electrons. The lowest BCUT2D eigenvalue weighted by Gasteiger charge is -2.35. The molecule has 1 N–H and O–H groups in total. The molecule has 0 radical (unpaired) electrons. The molecule has 1 aromatic carbocycles. The lowest BCUT2D eigenvalue weighted by Crippen LogP contribution is -2.48. The van der Waals surface area contributed by atoms with Gasteiger partial charge in [0, 0.05) is 31.4 Å². The number of hydrogen-bond donors (Lipinski definition) is 1. The molecule has 2 rings (SSSR count). The van der Waals surface area contributed by atoms with Gasteiger partial charge in [0.2, 0.25) is 0 Å². The molecular formula is C17H28N2O. The Labute approximate surface area is 123 Å². The Morgan fingerprint density at radius 1 is 1.30 bits per heavy atom. The maximum absolute atomic E-state index is 5.85. The summed E-state index contributed by atoms with van der Waals surface area (Å²) in [5.74, 6) is 0.569. The van der Waals surface area contributed by atoms with Gasteiger partial charge in [-0.15, -0.1) is 0 Å². The number of nitrogens with one attached hydrogen (secondary N) is 1. The van der Waals surface area contributed by atoms with E-state index in [4.69, 9.17) is 4.74 Å². The predicted molar refractivity (Wildman–Crippen MR) is 85.5 cm³/mol. The average molecular weight is 276 g/mol. The van der Waals surface area contributed by atoms with Gasteiger partial charge in [0.1, 0.15) is 0 Å². The summed E-state index contributed by atoms with van der Waals surface area (Å²) >= 11 is 0. The Morgan fingerprint density at radius 3 is 2.80 bits per heavy atom. The van der Waals surface area contributed by atoms with Gasteiger partial charge in [-0.1, -0.05) is 26.0 Å². The molecule has 1 aliphatic heterocycles. The Kier molecular flexibility index (Phi) is 5.44. The largest absolute Gasteiger partial charge is 0.382 e. The zero-order valence-corrected chi connectivity index (χ0v) is 13.2. The summed E-state index contributed by atoms with van der Waals surface area (Å²) in [5.41, 5.74) is 2.57. The van der Waals surface area contributed by atoms with Crippen LogP contribution >= 0.6 is 0 Å². The van der Waals surface area contributed by atoms with Crippen molar-refractivity contribution in [1.82, 2.24) is 4.90 Å². The maximum atomic E-state index is 5.85. The number of ether oxygens (including phenoxy) is 1. The SMILES string of the molecule is CC(C)c1cccc(NCC2CN(C(C)C)CCO2)c1. The van der Waals surface area contributed by atoms with Gasteiger partial charge in [-0.2, -0.15) is 0 Å². The predicted octanol–water partition coefficient (Wildman–Crippen LogP) is 3.33. The molecule has 0 spiro atoms. The highest BCUT2D eigenvalue weighted by Gasteiger charge is 2.21. The quantitative estimate of drug-likeness (QED) is 0.893. The van der Waals surface area contributed by atoms with E-state index < -0.39 is 0 Å². The Morgan fingerprint density at radius 2 is 2.10 bits per heavy atom. The molecular weight excluding hydrogens is 248 g/mol. The van der Waals surface area contributed by atoms with E-state index in [0.717, 1.165) is 26.2 Å². The van der Waals surface area contributed by atoms with Crippen molar-refractivity contribution in [1.29, 1.82) is 0 Å². The summed E-state index contributed by atoms with van der Waals surface area (Å²) in [7, 11) is 0. The third-order valence-corrected chi connectivity index (χ3v) is 3.99. The highest BCUT2D eigenvalue weighted by atomic mass is 16.5. The van der Waals surface area contributed by atoms with Crippen molar-refractivity contribution >= 4 is 5.69 Å². The lowest BCUT2D eigenvalue weighted by molar-refractivity contribution is -0.0315. The monoisotopic (exact) mass is 276 g/mol. The number of rotatable bonds is 5. The van der Waals surface area contributed by atoms with Crippen molar-refractivity contribution in [3.8, 4) is 0 Å². The molecule has 20 heavy (non-hydrogen) atoms. The van der Waals surface area contributed by atoms with E-state index in [1.165, 1.54) is 11.3 Å². The van der Waals surface area contributed by atoms with Crippen LogP contribution in [-0.4, -0.2) is 43.3 Å². The fourth-order valence-electron chi connectivity index (χ4n) is 2.57. The lowest BCUT2D eigenvalue weighted by atomic mass is 10.0. The van der Waals surface area contributed by atoms with Crippen molar-refractivity contribution in [2.24, 2.45) is 0 Å². The van der Waals surface area contributed by atoms with E-state index in [2.05, 4.69) is 62.2 Å². The molecule has 1 saturated heterocycles. The van der Waals surface area contributed by atoms with Gasteiger partial charge in [0.05, 0.1) is 12.7 Å². The molecule has 0 aromatic heterocycles. The van der Waals surface area contributed by atoms with Crippen LogP contribution in [0.5, 0.6) is 0 Å².